The maximum atomic E-state index is 14.5. The van der Waals surface area contributed by atoms with E-state index in [4.69, 9.17) is 9.47 Å². The van der Waals surface area contributed by atoms with E-state index in [-0.39, 0.29) is 48.4 Å². The number of esters is 1. The Labute approximate surface area is 355 Å². The molecule has 2 N–H and O–H groups in total. The summed E-state index contributed by atoms with van der Waals surface area (Å²) in [4.78, 5) is 90.9. The molecule has 0 spiro atoms. The fourth-order valence-corrected chi connectivity index (χ4v) is 8.76. The van der Waals surface area contributed by atoms with Crippen molar-refractivity contribution < 1.29 is 43.3 Å². The number of carbonyl (C=O) groups excluding carboxylic acids is 6. The number of carbonyl (C=O) groups is 6. The van der Waals surface area contributed by atoms with Crippen molar-refractivity contribution in [1.29, 1.82) is 0 Å². The van der Waals surface area contributed by atoms with Gasteiger partial charge < -0.3 is 34.6 Å². The highest BCUT2D eigenvalue weighted by atomic mass is 16.6. The van der Waals surface area contributed by atoms with Crippen molar-refractivity contribution in [3.05, 3.63) is 47.7 Å². The molecule has 0 aliphatic carbocycles. The van der Waals surface area contributed by atoms with Crippen LogP contribution in [0.5, 0.6) is 11.6 Å². The van der Waals surface area contributed by atoms with Gasteiger partial charge in [0.25, 0.3) is 5.91 Å². The van der Waals surface area contributed by atoms with Crippen molar-refractivity contribution in [2.24, 2.45) is 23.7 Å². The molecule has 4 amide bonds. The third-order valence-corrected chi connectivity index (χ3v) is 11.8. The molecular weight excluding hydrogens is 769 g/mol. The second-order valence-electron chi connectivity index (χ2n) is 17.9. The van der Waals surface area contributed by atoms with Crippen molar-refractivity contribution in [2.75, 3.05) is 41.3 Å². The highest BCUT2D eigenvalue weighted by Gasteiger charge is 2.47. The molecule has 0 bridgehead atoms. The molecule has 4 rings (SSSR count). The first-order valence-electron chi connectivity index (χ1n) is 21.3. The fourth-order valence-electron chi connectivity index (χ4n) is 8.76. The minimum Gasteiger partial charge on any atom is -0.495 e. The molecule has 60 heavy (non-hydrogen) atoms. The lowest BCUT2D eigenvalue weighted by Crippen LogP contribution is -2.61. The number of likely N-dealkylation sites (N-methyl/N-ethyl adjacent to an activating group) is 2. The van der Waals surface area contributed by atoms with Crippen molar-refractivity contribution in [1.82, 2.24) is 29.5 Å². The topological polar surface area (TPSA) is 171 Å². The van der Waals surface area contributed by atoms with E-state index >= 15 is 0 Å². The Bertz CT molecular complexity index is 1830. The number of nitrogens with one attached hydrogen (secondary N) is 1. The van der Waals surface area contributed by atoms with E-state index in [2.05, 4.69) is 5.32 Å². The van der Waals surface area contributed by atoms with E-state index < -0.39 is 65.9 Å². The summed E-state index contributed by atoms with van der Waals surface area (Å²) in [6, 6.07) is 6.63. The van der Waals surface area contributed by atoms with Gasteiger partial charge in [-0.15, -0.1) is 0 Å². The van der Waals surface area contributed by atoms with Crippen LogP contribution in [0.2, 0.25) is 0 Å². The first kappa shape index (κ1) is 47.8. The Hall–Kier alpha value is -4.92. The zero-order valence-electron chi connectivity index (χ0n) is 37.6. The number of aromatic nitrogens is 1. The normalized spacial score (nSPS) is 18.9. The summed E-state index contributed by atoms with van der Waals surface area (Å²) in [5.74, 6) is -3.97. The number of likely N-dealkylation sites (tertiary alicyclic amines) is 2. The molecule has 3 unspecified atom stereocenters. The molecular formula is C45H68N6O9. The Kier molecular flexibility index (Phi) is 16.4. The van der Waals surface area contributed by atoms with Crippen molar-refractivity contribution in [3.8, 4) is 11.6 Å². The predicted molar refractivity (Wildman–Crippen MR) is 227 cm³/mol. The van der Waals surface area contributed by atoms with Crippen molar-refractivity contribution in [3.63, 3.8) is 0 Å². The van der Waals surface area contributed by atoms with Gasteiger partial charge in [-0.25, -0.2) is 9.36 Å². The van der Waals surface area contributed by atoms with Crippen molar-refractivity contribution in [2.45, 2.75) is 124 Å². The lowest BCUT2D eigenvalue weighted by Gasteiger charge is -2.38. The highest BCUT2D eigenvalue weighted by molar-refractivity contribution is 5.96. The third-order valence-electron chi connectivity index (χ3n) is 11.8. The standard InChI is InChI=1S/C45H68N6O9/c1-26(2)36(46-40(53)37(27(3)4)47(9)10)42(55)48(11)38(28(5)6)43(56)49-22-16-20-31(49)41(54)50-23-17-21-32(50)45(58)60-39(29(7)8)44(57)51-33(34(59-12)25-35(51)52)24-30-18-14-13-15-19-30/h13-15,18-19,25-29,31-32,36-39,52H,16-17,20-24H2,1-12H3,(H,46,53)/t31?,32?,36?,37-,38-,39-/m0/s1. The smallest absolute Gasteiger partial charge is 0.329 e. The Morgan fingerprint density at radius 3 is 1.90 bits per heavy atom. The first-order valence-corrected chi connectivity index (χ1v) is 21.3. The summed E-state index contributed by atoms with van der Waals surface area (Å²) in [6.45, 7) is 15.3. The number of ether oxygens (including phenoxy) is 2. The molecule has 2 aromatic rings. The van der Waals surface area contributed by atoms with Crippen LogP contribution in [-0.2, 0) is 35.1 Å². The molecule has 2 saturated heterocycles. The molecule has 2 aliphatic heterocycles. The molecule has 332 valence electrons. The van der Waals surface area contributed by atoms with Gasteiger partial charge in [0, 0.05) is 32.6 Å². The van der Waals surface area contributed by atoms with E-state index in [1.54, 1.807) is 20.9 Å². The highest BCUT2D eigenvalue weighted by Crippen LogP contribution is 2.33. The summed E-state index contributed by atoms with van der Waals surface area (Å²) < 4.78 is 12.6. The zero-order valence-corrected chi connectivity index (χ0v) is 37.6. The number of hydrogen-bond donors (Lipinski definition) is 2. The minimum absolute atomic E-state index is 0.00583. The maximum Gasteiger partial charge on any atom is 0.329 e. The van der Waals surface area contributed by atoms with Crippen LogP contribution in [0.4, 0.5) is 0 Å². The Morgan fingerprint density at radius 2 is 1.37 bits per heavy atom. The molecule has 0 radical (unpaired) electrons. The van der Waals surface area contributed by atoms with Gasteiger partial charge in [0.05, 0.1) is 18.8 Å². The van der Waals surface area contributed by atoms with Crippen molar-refractivity contribution >= 4 is 35.5 Å². The number of amides is 4. The Balaban J connectivity index is 1.53. The van der Waals surface area contributed by atoms with Crippen LogP contribution in [0.25, 0.3) is 0 Å². The number of benzene rings is 1. The summed E-state index contributed by atoms with van der Waals surface area (Å²) in [5.41, 5.74) is 1.28. The lowest BCUT2D eigenvalue weighted by molar-refractivity contribution is -0.160. The quantitative estimate of drug-likeness (QED) is 0.220. The largest absolute Gasteiger partial charge is 0.495 e. The second-order valence-corrected chi connectivity index (χ2v) is 17.9. The van der Waals surface area contributed by atoms with Crippen LogP contribution in [-0.4, -0.2) is 142 Å². The van der Waals surface area contributed by atoms with Crippen LogP contribution in [0.1, 0.15) is 97.1 Å². The molecule has 1 aromatic carbocycles. The van der Waals surface area contributed by atoms with Gasteiger partial charge in [0.1, 0.15) is 29.9 Å². The van der Waals surface area contributed by atoms with E-state index in [1.807, 2.05) is 90.9 Å². The van der Waals surface area contributed by atoms with Gasteiger partial charge >= 0.3 is 5.97 Å². The van der Waals surface area contributed by atoms with Crippen LogP contribution in [0.15, 0.2) is 36.4 Å². The minimum atomic E-state index is -1.30. The summed E-state index contributed by atoms with van der Waals surface area (Å²) in [5, 5.41) is 13.9. The fraction of sp³-hybridized carbons (Fsp3) is 0.644. The van der Waals surface area contributed by atoms with Crippen LogP contribution < -0.4 is 10.1 Å². The maximum absolute atomic E-state index is 14.5. The number of methoxy groups -OCH3 is 1. The van der Waals surface area contributed by atoms with E-state index in [9.17, 15) is 33.9 Å². The monoisotopic (exact) mass is 837 g/mol. The van der Waals surface area contributed by atoms with E-state index in [0.29, 0.717) is 43.7 Å². The number of aromatic hydroxyl groups is 1. The van der Waals surface area contributed by atoms with Gasteiger partial charge in [0.15, 0.2) is 6.10 Å². The van der Waals surface area contributed by atoms with Gasteiger partial charge in [-0.1, -0.05) is 85.7 Å². The number of hydrogen-bond acceptors (Lipinski definition) is 10. The summed E-state index contributed by atoms with van der Waals surface area (Å²) in [7, 11) is 6.65. The number of nitrogens with zero attached hydrogens (tertiary/aromatic N) is 5. The molecule has 2 aliphatic rings. The number of rotatable bonds is 17. The van der Waals surface area contributed by atoms with Crippen LogP contribution in [0, 0.1) is 23.7 Å². The van der Waals surface area contributed by atoms with E-state index in [0.717, 1.165) is 10.1 Å². The molecule has 2 fully saturated rings. The third kappa shape index (κ3) is 10.5. The van der Waals surface area contributed by atoms with Gasteiger partial charge in [-0.2, -0.15) is 0 Å². The first-order chi connectivity index (χ1) is 28.2. The summed E-state index contributed by atoms with van der Waals surface area (Å²) in [6.07, 6.45) is 0.731. The van der Waals surface area contributed by atoms with Gasteiger partial charge in [0.2, 0.25) is 29.5 Å². The van der Waals surface area contributed by atoms with Crippen LogP contribution >= 0.6 is 0 Å². The SMILES string of the molecule is COc1cc(O)n(C(=O)[C@@H](OC(=O)C2CCCN2C(=O)C2CCCN2C(=O)[C@H](C(C)C)N(C)C(=O)C(NC(=O)[C@H](C(C)C)N(C)C)C(C)C)C(C)C)c1Cc1ccccc1. The lowest BCUT2D eigenvalue weighted by atomic mass is 9.96. The molecule has 0 saturated carbocycles. The molecule has 1 aromatic heterocycles. The summed E-state index contributed by atoms with van der Waals surface area (Å²) >= 11 is 0. The van der Waals surface area contributed by atoms with Crippen LogP contribution in [0.3, 0.4) is 0 Å². The molecule has 15 heteroatoms. The molecule has 15 nitrogen and oxygen atoms in total. The average Bonchev–Trinajstić information content (AvgIpc) is 3.94. The average molecular weight is 837 g/mol. The second kappa shape index (κ2) is 20.6. The molecule has 3 heterocycles. The molecule has 6 atom stereocenters. The zero-order chi connectivity index (χ0) is 44.7. The van der Waals surface area contributed by atoms with Gasteiger partial charge in [-0.05, 0) is 69.0 Å². The van der Waals surface area contributed by atoms with E-state index in [1.165, 1.54) is 27.9 Å². The van der Waals surface area contributed by atoms with Gasteiger partial charge in [-0.3, -0.25) is 28.9 Å². The Morgan fingerprint density at radius 1 is 0.783 bits per heavy atom. The predicted octanol–water partition coefficient (Wildman–Crippen LogP) is 4.19.